The molecule has 140 valence electrons. The number of hydrogen-bond acceptors (Lipinski definition) is 4. The Balaban J connectivity index is 2.01. The number of benzene rings is 2. The molecule has 7 heteroatoms. The van der Waals surface area contributed by atoms with Gasteiger partial charge >= 0.3 is 5.56 Å². The van der Waals surface area contributed by atoms with Crippen molar-refractivity contribution >= 4 is 23.2 Å². The monoisotopic (exact) mass is 387 g/mol. The highest BCUT2D eigenvalue weighted by atomic mass is 35.5. The normalized spacial score (nSPS) is 10.7. The molecule has 0 aliphatic carbocycles. The van der Waals surface area contributed by atoms with Crippen LogP contribution in [0.25, 0.3) is 0 Å². The summed E-state index contributed by atoms with van der Waals surface area (Å²) in [6.45, 7) is 4.13. The highest BCUT2D eigenvalue weighted by Gasteiger charge is 2.12. The van der Waals surface area contributed by atoms with Crippen molar-refractivity contribution in [1.29, 1.82) is 0 Å². The van der Waals surface area contributed by atoms with Gasteiger partial charge in [-0.25, -0.2) is 0 Å². The summed E-state index contributed by atoms with van der Waals surface area (Å²) in [4.78, 5) is 15.6. The molecule has 0 unspecified atom stereocenters. The number of aromatic nitrogens is 2. The number of aryl methyl sites for hydroxylation is 2. The largest absolute Gasteiger partial charge is 0.496 e. The number of ether oxygens (including phenoxy) is 1. The van der Waals surface area contributed by atoms with Gasteiger partial charge in [-0.05, 0) is 54.8 Å². The minimum Gasteiger partial charge on any atom is -0.496 e. The predicted molar refractivity (Wildman–Crippen MR) is 105 cm³/mol. The number of nitrogens with zero attached hydrogens (tertiary/aromatic N) is 2. The molecule has 0 bridgehead atoms. The van der Waals surface area contributed by atoms with E-state index >= 15 is 0 Å². The van der Waals surface area contributed by atoms with Gasteiger partial charge in [-0.15, -0.1) is 0 Å². The summed E-state index contributed by atoms with van der Waals surface area (Å²) in [5.41, 5.74) is 2.54. The molecule has 0 fully saturated rings. The van der Waals surface area contributed by atoms with Crippen molar-refractivity contribution in [3.05, 3.63) is 80.5 Å². The molecule has 2 aromatic carbocycles. The second kappa shape index (κ2) is 7.80. The van der Waals surface area contributed by atoms with Crippen LogP contribution < -0.4 is 15.6 Å². The van der Waals surface area contributed by atoms with Crippen LogP contribution in [-0.2, 0) is 6.54 Å². The molecule has 5 nitrogen and oxygen atoms in total. The number of rotatable bonds is 5. The third-order valence-corrected chi connectivity index (χ3v) is 4.42. The minimum atomic E-state index is -0.914. The van der Waals surface area contributed by atoms with E-state index in [2.05, 4.69) is 10.3 Å². The van der Waals surface area contributed by atoms with Gasteiger partial charge in [0.2, 0.25) is 11.8 Å². The van der Waals surface area contributed by atoms with E-state index in [1.165, 1.54) is 0 Å². The van der Waals surface area contributed by atoms with Crippen molar-refractivity contribution in [2.75, 3.05) is 12.4 Å². The first-order chi connectivity index (χ1) is 12.9. The van der Waals surface area contributed by atoms with E-state index in [9.17, 15) is 9.18 Å². The second-order valence-corrected chi connectivity index (χ2v) is 6.67. The maximum Gasteiger partial charge on any atom is 0.310 e. The first-order valence-corrected chi connectivity index (χ1v) is 8.69. The molecule has 1 heterocycles. The molecule has 1 aromatic heterocycles. The molecule has 1 N–H and O–H groups in total. The first-order valence-electron chi connectivity index (χ1n) is 8.31. The SMILES string of the molecule is COc1cc(C)c(Nc2nc(=O)c(F)cn2Cc2cccc(Cl)c2)cc1C. The average Bonchev–Trinajstić information content (AvgIpc) is 2.62. The van der Waals surface area contributed by atoms with E-state index < -0.39 is 11.4 Å². The van der Waals surface area contributed by atoms with Gasteiger partial charge in [0.1, 0.15) is 5.75 Å². The number of halogens is 2. The van der Waals surface area contributed by atoms with Crippen LogP contribution in [0.5, 0.6) is 5.75 Å². The van der Waals surface area contributed by atoms with Crippen LogP contribution in [0.4, 0.5) is 16.0 Å². The van der Waals surface area contributed by atoms with Crippen molar-refractivity contribution in [3.63, 3.8) is 0 Å². The number of hydrogen-bond donors (Lipinski definition) is 1. The van der Waals surface area contributed by atoms with Crippen molar-refractivity contribution in [1.82, 2.24) is 9.55 Å². The standard InChI is InChI=1S/C20H19ClFN3O2/c1-12-8-18(27-3)13(2)7-17(12)23-20-24-19(26)16(22)11-25(20)10-14-5-4-6-15(21)9-14/h4-9,11H,10H2,1-3H3,(H,23,24,26). The van der Waals surface area contributed by atoms with Crippen molar-refractivity contribution in [2.45, 2.75) is 20.4 Å². The third-order valence-electron chi connectivity index (χ3n) is 4.18. The van der Waals surface area contributed by atoms with Crippen LogP contribution in [0.15, 0.2) is 47.4 Å². The van der Waals surface area contributed by atoms with Gasteiger partial charge in [-0.2, -0.15) is 9.37 Å². The predicted octanol–water partition coefficient (Wildman–Crippen LogP) is 4.45. The average molecular weight is 388 g/mol. The molecule has 0 saturated heterocycles. The molecule has 0 aliphatic heterocycles. The Hall–Kier alpha value is -2.86. The summed E-state index contributed by atoms with van der Waals surface area (Å²) < 4.78 is 20.7. The Labute approximate surface area is 161 Å². The third kappa shape index (κ3) is 4.28. The van der Waals surface area contributed by atoms with E-state index in [4.69, 9.17) is 16.3 Å². The maximum atomic E-state index is 13.9. The minimum absolute atomic E-state index is 0.244. The van der Waals surface area contributed by atoms with Gasteiger partial charge in [0.15, 0.2) is 0 Å². The quantitative estimate of drug-likeness (QED) is 0.702. The summed E-state index contributed by atoms with van der Waals surface area (Å²) in [7, 11) is 1.61. The number of nitrogens with one attached hydrogen (secondary N) is 1. The zero-order valence-corrected chi connectivity index (χ0v) is 16.0. The maximum absolute atomic E-state index is 13.9. The van der Waals surface area contributed by atoms with E-state index in [0.29, 0.717) is 11.6 Å². The summed E-state index contributed by atoms with van der Waals surface area (Å²) in [6, 6.07) is 11.0. The lowest BCUT2D eigenvalue weighted by Gasteiger charge is -2.17. The Kier molecular flexibility index (Phi) is 5.46. The smallest absolute Gasteiger partial charge is 0.310 e. The van der Waals surface area contributed by atoms with Crippen molar-refractivity contribution in [3.8, 4) is 5.75 Å². The molecule has 3 rings (SSSR count). The van der Waals surface area contributed by atoms with Crippen molar-refractivity contribution in [2.24, 2.45) is 0 Å². The Bertz CT molecular complexity index is 1050. The van der Waals surface area contributed by atoms with Gasteiger partial charge in [0, 0.05) is 16.9 Å². The van der Waals surface area contributed by atoms with Gasteiger partial charge in [0.05, 0.1) is 13.7 Å². The van der Waals surface area contributed by atoms with Crippen LogP contribution >= 0.6 is 11.6 Å². The van der Waals surface area contributed by atoms with Gasteiger partial charge in [-0.1, -0.05) is 23.7 Å². The fourth-order valence-corrected chi connectivity index (χ4v) is 3.00. The van der Waals surface area contributed by atoms with E-state index in [-0.39, 0.29) is 5.95 Å². The molecule has 3 aromatic rings. The molecule has 0 saturated carbocycles. The molecule has 0 spiro atoms. The van der Waals surface area contributed by atoms with Crippen LogP contribution in [0.3, 0.4) is 0 Å². The Morgan fingerprint density at radius 3 is 2.70 bits per heavy atom. The lowest BCUT2D eigenvalue weighted by molar-refractivity contribution is 0.411. The van der Waals surface area contributed by atoms with Crippen LogP contribution in [0.1, 0.15) is 16.7 Å². The Morgan fingerprint density at radius 1 is 1.22 bits per heavy atom. The van der Waals surface area contributed by atoms with Crippen LogP contribution in [-0.4, -0.2) is 16.7 Å². The van der Waals surface area contributed by atoms with Crippen LogP contribution in [0.2, 0.25) is 5.02 Å². The molecular formula is C20H19ClFN3O2. The number of methoxy groups -OCH3 is 1. The molecular weight excluding hydrogens is 369 g/mol. The first kappa shape index (κ1) is 18.9. The van der Waals surface area contributed by atoms with Gasteiger partial charge < -0.3 is 14.6 Å². The summed E-state index contributed by atoms with van der Waals surface area (Å²) in [6.07, 6.45) is 1.14. The fourth-order valence-electron chi connectivity index (χ4n) is 2.78. The topological polar surface area (TPSA) is 56.1 Å². The van der Waals surface area contributed by atoms with Crippen LogP contribution in [0, 0.1) is 19.7 Å². The molecule has 0 radical (unpaired) electrons. The molecule has 0 aliphatic rings. The molecule has 27 heavy (non-hydrogen) atoms. The van der Waals surface area contributed by atoms with E-state index in [1.807, 2.05) is 38.1 Å². The highest BCUT2D eigenvalue weighted by Crippen LogP contribution is 2.28. The zero-order valence-electron chi connectivity index (χ0n) is 15.2. The molecule has 0 amide bonds. The highest BCUT2D eigenvalue weighted by molar-refractivity contribution is 6.30. The summed E-state index contributed by atoms with van der Waals surface area (Å²) >= 11 is 6.03. The lowest BCUT2D eigenvalue weighted by atomic mass is 10.1. The fraction of sp³-hybridized carbons (Fsp3) is 0.200. The number of anilines is 2. The summed E-state index contributed by atoms with van der Waals surface area (Å²) in [5.74, 6) is 0.0979. The summed E-state index contributed by atoms with van der Waals surface area (Å²) in [5, 5.41) is 3.71. The lowest BCUT2D eigenvalue weighted by Crippen LogP contribution is -2.20. The van der Waals surface area contributed by atoms with E-state index in [1.54, 1.807) is 23.8 Å². The molecule has 0 atom stereocenters. The van der Waals surface area contributed by atoms with Gasteiger partial charge in [0.25, 0.3) is 0 Å². The van der Waals surface area contributed by atoms with Gasteiger partial charge in [-0.3, -0.25) is 4.79 Å². The van der Waals surface area contributed by atoms with Crippen molar-refractivity contribution < 1.29 is 9.13 Å². The second-order valence-electron chi connectivity index (χ2n) is 6.24. The Morgan fingerprint density at radius 2 is 2.00 bits per heavy atom. The van der Waals surface area contributed by atoms with E-state index in [0.717, 1.165) is 34.3 Å². The zero-order chi connectivity index (χ0) is 19.6.